The van der Waals surface area contributed by atoms with Crippen LogP contribution < -0.4 is 5.32 Å². The van der Waals surface area contributed by atoms with Gasteiger partial charge >= 0.3 is 5.97 Å². The Morgan fingerprint density at radius 3 is 2.41 bits per heavy atom. The van der Waals surface area contributed by atoms with Crippen molar-refractivity contribution in [1.82, 2.24) is 5.32 Å². The molecule has 1 amide bonds. The average Bonchev–Trinajstić information content (AvgIpc) is 3.28. The molecule has 1 saturated heterocycles. The van der Waals surface area contributed by atoms with Gasteiger partial charge in [-0.25, -0.2) is 13.2 Å². The molecule has 0 unspecified atom stereocenters. The molecular weight excluding hydrogens is 398 g/mol. The number of hydrogen-bond donors (Lipinski definition) is 1. The highest BCUT2D eigenvalue weighted by atomic mass is 32.2. The summed E-state index contributed by atoms with van der Waals surface area (Å²) in [5.41, 5.74) is 1.25. The zero-order valence-electron chi connectivity index (χ0n) is 16.0. The van der Waals surface area contributed by atoms with E-state index in [-0.39, 0.29) is 23.0 Å². The third-order valence-corrected chi connectivity index (χ3v) is 6.38. The summed E-state index contributed by atoms with van der Waals surface area (Å²) in [5.74, 6) is -1.15. The summed E-state index contributed by atoms with van der Waals surface area (Å²) in [6, 6.07) is 9.29. The second-order valence-electron chi connectivity index (χ2n) is 6.95. The Labute approximate surface area is 168 Å². The van der Waals surface area contributed by atoms with Crippen LogP contribution in [0.2, 0.25) is 0 Å². The maximum Gasteiger partial charge on any atom is 0.375 e. The number of carbonyl (C=O) groups excluding carboxylic acids is 3. The van der Waals surface area contributed by atoms with Crippen LogP contribution in [0.1, 0.15) is 41.2 Å². The van der Waals surface area contributed by atoms with Crippen LogP contribution in [-0.4, -0.2) is 49.7 Å². The van der Waals surface area contributed by atoms with Gasteiger partial charge in [-0.2, -0.15) is 0 Å². The lowest BCUT2D eigenvalue weighted by Crippen LogP contribution is -2.42. The van der Waals surface area contributed by atoms with Crippen LogP contribution in [0, 0.1) is 0 Å². The summed E-state index contributed by atoms with van der Waals surface area (Å²) in [4.78, 5) is 35.7. The van der Waals surface area contributed by atoms with E-state index in [0.717, 1.165) is 0 Å². The molecule has 3 rings (SSSR count). The maximum absolute atomic E-state index is 12.3. The van der Waals surface area contributed by atoms with Gasteiger partial charge in [0.25, 0.3) is 5.91 Å². The minimum atomic E-state index is -3.12. The molecule has 9 heteroatoms. The first kappa shape index (κ1) is 20.8. The second-order valence-corrected chi connectivity index (χ2v) is 9.18. The monoisotopic (exact) mass is 419 g/mol. The van der Waals surface area contributed by atoms with Gasteiger partial charge in [0.15, 0.2) is 21.7 Å². The quantitative estimate of drug-likeness (QED) is 0.562. The van der Waals surface area contributed by atoms with Crippen LogP contribution in [-0.2, 0) is 19.4 Å². The SMILES string of the molecule is CC(=O)c1ccc(-c2ccc(C(=O)O[C@@H](C)C(=O)N[C@H]3CCS(=O)(=O)C3)o2)cc1. The summed E-state index contributed by atoms with van der Waals surface area (Å²) in [5, 5.41) is 2.58. The van der Waals surface area contributed by atoms with Crippen molar-refractivity contribution in [2.24, 2.45) is 0 Å². The van der Waals surface area contributed by atoms with Crippen molar-refractivity contribution >= 4 is 27.5 Å². The predicted molar refractivity (Wildman–Crippen MR) is 104 cm³/mol. The van der Waals surface area contributed by atoms with Crippen LogP contribution in [0.15, 0.2) is 40.8 Å². The summed E-state index contributed by atoms with van der Waals surface area (Å²) in [7, 11) is -3.12. The second kappa shape index (κ2) is 8.20. The normalized spacial score (nSPS) is 18.8. The number of amides is 1. The van der Waals surface area contributed by atoms with Gasteiger partial charge in [-0.1, -0.05) is 24.3 Å². The summed E-state index contributed by atoms with van der Waals surface area (Å²) < 4.78 is 33.5. The molecule has 1 N–H and O–H groups in total. The fourth-order valence-corrected chi connectivity index (χ4v) is 4.64. The number of furan rings is 1. The molecule has 2 atom stereocenters. The number of Topliss-reactive ketones (excluding diaryl/α,β-unsaturated/α-hetero) is 1. The first-order valence-electron chi connectivity index (χ1n) is 9.07. The number of ether oxygens (including phenoxy) is 1. The minimum absolute atomic E-state index is 0.0364. The van der Waals surface area contributed by atoms with E-state index in [1.807, 2.05) is 0 Å². The third kappa shape index (κ3) is 5.11. The Morgan fingerprint density at radius 1 is 1.14 bits per heavy atom. The lowest BCUT2D eigenvalue weighted by atomic mass is 10.1. The predicted octanol–water partition coefficient (Wildman–Crippen LogP) is 2.00. The van der Waals surface area contributed by atoms with Crippen LogP contribution in [0.4, 0.5) is 0 Å². The first-order chi connectivity index (χ1) is 13.6. The van der Waals surface area contributed by atoms with Gasteiger partial charge in [-0.05, 0) is 32.4 Å². The van der Waals surface area contributed by atoms with Gasteiger partial charge in [0.05, 0.1) is 11.5 Å². The van der Waals surface area contributed by atoms with Gasteiger partial charge < -0.3 is 14.5 Å². The van der Waals surface area contributed by atoms with Crippen molar-refractivity contribution in [3.05, 3.63) is 47.7 Å². The standard InChI is InChI=1S/C20H21NO7S/c1-12(22)14-3-5-15(6-4-14)17-7-8-18(28-17)20(24)27-13(2)19(23)21-16-9-10-29(25,26)11-16/h3-8,13,16H,9-11H2,1-2H3,(H,21,23)/t13-,16-/m0/s1. The van der Waals surface area contributed by atoms with Gasteiger partial charge in [0.2, 0.25) is 5.76 Å². The number of nitrogens with one attached hydrogen (secondary N) is 1. The minimum Gasteiger partial charge on any atom is -0.449 e. The number of benzene rings is 1. The van der Waals surface area contributed by atoms with E-state index in [1.54, 1.807) is 30.3 Å². The number of esters is 1. The average molecular weight is 419 g/mol. The fourth-order valence-electron chi connectivity index (χ4n) is 2.97. The van der Waals surface area contributed by atoms with Crippen molar-refractivity contribution in [1.29, 1.82) is 0 Å². The number of ketones is 1. The first-order valence-corrected chi connectivity index (χ1v) is 10.9. The maximum atomic E-state index is 12.3. The highest BCUT2D eigenvalue weighted by Gasteiger charge is 2.31. The topological polar surface area (TPSA) is 120 Å². The number of rotatable bonds is 6. The highest BCUT2D eigenvalue weighted by Crippen LogP contribution is 2.23. The Hall–Kier alpha value is -2.94. The van der Waals surface area contributed by atoms with Gasteiger partial charge in [-0.15, -0.1) is 0 Å². The van der Waals surface area contributed by atoms with E-state index in [1.165, 1.54) is 19.9 Å². The molecule has 1 aromatic carbocycles. The molecular formula is C20H21NO7S. The molecule has 1 aliphatic rings. The van der Waals surface area contributed by atoms with Gasteiger partial charge in [0.1, 0.15) is 5.76 Å². The molecule has 29 heavy (non-hydrogen) atoms. The van der Waals surface area contributed by atoms with E-state index in [4.69, 9.17) is 9.15 Å². The summed E-state index contributed by atoms with van der Waals surface area (Å²) >= 11 is 0. The van der Waals surface area contributed by atoms with Crippen molar-refractivity contribution in [3.63, 3.8) is 0 Å². The molecule has 0 spiro atoms. The van der Waals surface area contributed by atoms with E-state index >= 15 is 0 Å². The zero-order chi connectivity index (χ0) is 21.2. The van der Waals surface area contributed by atoms with Crippen LogP contribution >= 0.6 is 0 Å². The number of hydrogen-bond acceptors (Lipinski definition) is 7. The molecule has 2 aromatic rings. The third-order valence-electron chi connectivity index (χ3n) is 4.61. The highest BCUT2D eigenvalue weighted by molar-refractivity contribution is 7.91. The molecule has 0 aliphatic carbocycles. The number of sulfone groups is 1. The van der Waals surface area contributed by atoms with Crippen molar-refractivity contribution in [2.75, 3.05) is 11.5 Å². The fraction of sp³-hybridized carbons (Fsp3) is 0.350. The smallest absolute Gasteiger partial charge is 0.375 e. The number of carbonyl (C=O) groups is 3. The largest absolute Gasteiger partial charge is 0.449 e. The van der Waals surface area contributed by atoms with Gasteiger partial charge in [-0.3, -0.25) is 9.59 Å². The molecule has 1 fully saturated rings. The van der Waals surface area contributed by atoms with Crippen LogP contribution in [0.3, 0.4) is 0 Å². The molecule has 0 bridgehead atoms. The summed E-state index contributed by atoms with van der Waals surface area (Å²) in [6.45, 7) is 2.87. The molecule has 2 heterocycles. The van der Waals surface area contributed by atoms with E-state index in [9.17, 15) is 22.8 Å². The molecule has 1 aromatic heterocycles. The lowest BCUT2D eigenvalue weighted by molar-refractivity contribution is -0.129. The Morgan fingerprint density at radius 2 is 1.83 bits per heavy atom. The van der Waals surface area contributed by atoms with Crippen LogP contribution in [0.25, 0.3) is 11.3 Å². The molecule has 8 nitrogen and oxygen atoms in total. The van der Waals surface area contributed by atoms with Crippen molar-refractivity contribution in [2.45, 2.75) is 32.4 Å². The Balaban J connectivity index is 1.59. The van der Waals surface area contributed by atoms with Crippen molar-refractivity contribution < 1.29 is 32.0 Å². The van der Waals surface area contributed by atoms with Gasteiger partial charge in [0, 0.05) is 17.2 Å². The Kier molecular flexibility index (Phi) is 5.88. The van der Waals surface area contributed by atoms with Crippen molar-refractivity contribution in [3.8, 4) is 11.3 Å². The Bertz CT molecular complexity index is 1040. The zero-order valence-corrected chi connectivity index (χ0v) is 16.8. The molecule has 1 aliphatic heterocycles. The summed E-state index contributed by atoms with van der Waals surface area (Å²) in [6.07, 6.45) is -0.757. The van der Waals surface area contributed by atoms with Crippen LogP contribution in [0.5, 0.6) is 0 Å². The van der Waals surface area contributed by atoms with E-state index in [0.29, 0.717) is 23.3 Å². The molecule has 154 valence electrons. The lowest BCUT2D eigenvalue weighted by Gasteiger charge is -2.16. The van der Waals surface area contributed by atoms with E-state index in [2.05, 4.69) is 5.32 Å². The molecule has 0 radical (unpaired) electrons. The molecule has 0 saturated carbocycles. The van der Waals surface area contributed by atoms with E-state index < -0.39 is 33.9 Å².